The molecule has 21 heavy (non-hydrogen) atoms. The highest BCUT2D eigenvalue weighted by Crippen LogP contribution is 2.20. The lowest BCUT2D eigenvalue weighted by Gasteiger charge is -2.18. The molecule has 0 aromatic heterocycles. The number of benzene rings is 1. The number of hydrogen-bond donors (Lipinski definition) is 2. The van der Waals surface area contributed by atoms with Crippen molar-refractivity contribution in [3.8, 4) is 0 Å². The van der Waals surface area contributed by atoms with Gasteiger partial charge in [0.2, 0.25) is 10.0 Å². The lowest BCUT2D eigenvalue weighted by atomic mass is 10.1. The molecule has 0 heterocycles. The topological polar surface area (TPSA) is 75.6 Å². The number of nitrogens with one attached hydrogen (secondary N) is 1. The zero-order valence-corrected chi connectivity index (χ0v) is 13.7. The quantitative estimate of drug-likeness (QED) is 0.732. The van der Waals surface area contributed by atoms with E-state index in [0.29, 0.717) is 25.0 Å². The van der Waals surface area contributed by atoms with E-state index in [9.17, 15) is 13.5 Å². The fourth-order valence-electron chi connectivity index (χ4n) is 2.14. The molecule has 0 bridgehead atoms. The monoisotopic (exact) mass is 315 g/mol. The molecule has 0 saturated heterocycles. The summed E-state index contributed by atoms with van der Waals surface area (Å²) in [5.41, 5.74) is 0.610. The first-order valence-electron chi connectivity index (χ1n) is 7.23. The van der Waals surface area contributed by atoms with Crippen LogP contribution in [0.2, 0.25) is 0 Å². The molecule has 0 radical (unpaired) electrons. The van der Waals surface area contributed by atoms with Crippen LogP contribution < -0.4 is 4.72 Å². The van der Waals surface area contributed by atoms with E-state index in [1.54, 1.807) is 19.2 Å². The van der Waals surface area contributed by atoms with Crippen LogP contribution in [0.1, 0.15) is 44.8 Å². The number of aliphatic hydroxyl groups is 1. The van der Waals surface area contributed by atoms with E-state index in [1.165, 1.54) is 12.1 Å². The van der Waals surface area contributed by atoms with Crippen molar-refractivity contribution in [3.63, 3.8) is 0 Å². The first-order valence-corrected chi connectivity index (χ1v) is 8.72. The predicted octanol–water partition coefficient (Wildman–Crippen LogP) is 2.22. The summed E-state index contributed by atoms with van der Waals surface area (Å²) < 4.78 is 32.5. The molecule has 0 aliphatic heterocycles. The molecule has 120 valence electrons. The zero-order valence-electron chi connectivity index (χ0n) is 12.9. The first-order chi connectivity index (χ1) is 9.94. The first kappa shape index (κ1) is 18.1. The average Bonchev–Trinajstić information content (AvgIpc) is 2.46. The van der Waals surface area contributed by atoms with Crippen LogP contribution in [0, 0.1) is 0 Å². The SMILES string of the molecule is CCCC(COC)NS(=O)(=O)c1cccc(C(O)CC)c1. The van der Waals surface area contributed by atoms with Crippen LogP contribution in [0.5, 0.6) is 0 Å². The molecule has 0 fully saturated rings. The number of methoxy groups -OCH3 is 1. The molecule has 2 atom stereocenters. The van der Waals surface area contributed by atoms with Crippen molar-refractivity contribution >= 4 is 10.0 Å². The molecular weight excluding hydrogens is 290 g/mol. The maximum absolute atomic E-state index is 12.4. The van der Waals surface area contributed by atoms with Crippen LogP contribution in [-0.2, 0) is 14.8 Å². The van der Waals surface area contributed by atoms with Gasteiger partial charge in [0.1, 0.15) is 0 Å². The highest BCUT2D eigenvalue weighted by atomic mass is 32.2. The summed E-state index contributed by atoms with van der Waals surface area (Å²) in [6, 6.07) is 6.18. The minimum atomic E-state index is -3.61. The summed E-state index contributed by atoms with van der Waals surface area (Å²) in [5.74, 6) is 0. The summed E-state index contributed by atoms with van der Waals surface area (Å²) in [7, 11) is -2.06. The van der Waals surface area contributed by atoms with Crippen molar-refractivity contribution in [1.82, 2.24) is 4.72 Å². The summed E-state index contributed by atoms with van der Waals surface area (Å²) >= 11 is 0. The minimum absolute atomic E-state index is 0.171. The van der Waals surface area contributed by atoms with Crippen molar-refractivity contribution in [2.24, 2.45) is 0 Å². The Balaban J connectivity index is 2.96. The zero-order chi connectivity index (χ0) is 15.9. The largest absolute Gasteiger partial charge is 0.388 e. The van der Waals surface area contributed by atoms with Gasteiger partial charge in [0.05, 0.1) is 17.6 Å². The summed E-state index contributed by atoms with van der Waals surface area (Å²) in [6.45, 7) is 4.18. The Morgan fingerprint density at radius 3 is 2.62 bits per heavy atom. The minimum Gasteiger partial charge on any atom is -0.388 e. The van der Waals surface area contributed by atoms with Crippen molar-refractivity contribution in [1.29, 1.82) is 0 Å². The second-order valence-corrected chi connectivity index (χ2v) is 6.77. The number of sulfonamides is 1. The van der Waals surface area contributed by atoms with E-state index in [-0.39, 0.29) is 10.9 Å². The molecule has 2 N–H and O–H groups in total. The molecule has 5 nitrogen and oxygen atoms in total. The van der Waals surface area contributed by atoms with Gasteiger partial charge in [0.25, 0.3) is 0 Å². The standard InChI is InChI=1S/C15H25NO4S/c1-4-7-13(11-20-3)16-21(18,19)14-9-6-8-12(10-14)15(17)5-2/h6,8-10,13,15-17H,4-5,7,11H2,1-3H3. The van der Waals surface area contributed by atoms with Gasteiger partial charge in [-0.1, -0.05) is 32.4 Å². The van der Waals surface area contributed by atoms with Gasteiger partial charge in [-0.15, -0.1) is 0 Å². The van der Waals surface area contributed by atoms with E-state index in [2.05, 4.69) is 4.72 Å². The van der Waals surface area contributed by atoms with Crippen LogP contribution in [0.25, 0.3) is 0 Å². The fourth-order valence-corrected chi connectivity index (χ4v) is 3.45. The van der Waals surface area contributed by atoms with Crippen molar-refractivity contribution in [3.05, 3.63) is 29.8 Å². The second-order valence-electron chi connectivity index (χ2n) is 5.06. The highest BCUT2D eigenvalue weighted by molar-refractivity contribution is 7.89. The third-order valence-electron chi connectivity index (χ3n) is 3.27. The Morgan fingerprint density at radius 2 is 2.05 bits per heavy atom. The van der Waals surface area contributed by atoms with Crippen LogP contribution >= 0.6 is 0 Å². The molecule has 0 aliphatic carbocycles. The molecule has 1 rings (SSSR count). The predicted molar refractivity (Wildman–Crippen MR) is 82.6 cm³/mol. The molecule has 2 unspecified atom stereocenters. The van der Waals surface area contributed by atoms with Gasteiger partial charge in [-0.25, -0.2) is 13.1 Å². The Labute approximate surface area is 127 Å². The molecule has 0 amide bonds. The van der Waals surface area contributed by atoms with E-state index in [1.807, 2.05) is 13.8 Å². The van der Waals surface area contributed by atoms with E-state index in [4.69, 9.17) is 4.74 Å². The summed E-state index contributed by atoms with van der Waals surface area (Å²) in [6.07, 6.45) is 1.47. The average molecular weight is 315 g/mol. The Morgan fingerprint density at radius 1 is 1.33 bits per heavy atom. The van der Waals surface area contributed by atoms with Gasteiger partial charge >= 0.3 is 0 Å². The van der Waals surface area contributed by atoms with Gasteiger partial charge in [-0.2, -0.15) is 0 Å². The third kappa shape index (κ3) is 5.39. The summed E-state index contributed by atoms with van der Waals surface area (Å²) in [4.78, 5) is 0.171. The number of aliphatic hydroxyl groups excluding tert-OH is 1. The van der Waals surface area contributed by atoms with Crippen LogP contribution in [0.4, 0.5) is 0 Å². The maximum atomic E-state index is 12.4. The van der Waals surface area contributed by atoms with Gasteiger partial charge < -0.3 is 9.84 Å². The lowest BCUT2D eigenvalue weighted by molar-refractivity contribution is 0.171. The van der Waals surface area contributed by atoms with E-state index >= 15 is 0 Å². The van der Waals surface area contributed by atoms with Gasteiger partial charge in [0, 0.05) is 13.2 Å². The highest BCUT2D eigenvalue weighted by Gasteiger charge is 2.20. The Kier molecular flexibility index (Phi) is 7.31. The van der Waals surface area contributed by atoms with Gasteiger partial charge in [0.15, 0.2) is 0 Å². The van der Waals surface area contributed by atoms with E-state index in [0.717, 1.165) is 6.42 Å². The molecule has 0 spiro atoms. The van der Waals surface area contributed by atoms with Crippen LogP contribution in [0.15, 0.2) is 29.2 Å². The molecular formula is C15H25NO4S. The lowest BCUT2D eigenvalue weighted by Crippen LogP contribution is -2.37. The Hall–Kier alpha value is -0.950. The van der Waals surface area contributed by atoms with E-state index < -0.39 is 16.1 Å². The van der Waals surface area contributed by atoms with Gasteiger partial charge in [-0.3, -0.25) is 0 Å². The van der Waals surface area contributed by atoms with Crippen LogP contribution in [-0.4, -0.2) is 33.3 Å². The fraction of sp³-hybridized carbons (Fsp3) is 0.600. The van der Waals surface area contributed by atoms with Crippen molar-refractivity contribution in [2.45, 2.75) is 50.2 Å². The molecule has 1 aromatic rings. The van der Waals surface area contributed by atoms with Crippen molar-refractivity contribution < 1.29 is 18.3 Å². The van der Waals surface area contributed by atoms with Gasteiger partial charge in [-0.05, 0) is 30.5 Å². The second kappa shape index (κ2) is 8.48. The normalized spacial score (nSPS) is 14.9. The van der Waals surface area contributed by atoms with Crippen molar-refractivity contribution in [2.75, 3.05) is 13.7 Å². The smallest absolute Gasteiger partial charge is 0.240 e. The molecule has 0 aliphatic rings. The Bertz CT molecular complexity index is 524. The number of ether oxygens (including phenoxy) is 1. The molecule has 0 saturated carbocycles. The number of rotatable bonds is 9. The molecule has 6 heteroatoms. The number of hydrogen-bond acceptors (Lipinski definition) is 4. The molecule has 1 aromatic carbocycles. The maximum Gasteiger partial charge on any atom is 0.240 e. The third-order valence-corrected chi connectivity index (χ3v) is 4.78. The summed E-state index contributed by atoms with van der Waals surface area (Å²) in [5, 5.41) is 9.83. The van der Waals surface area contributed by atoms with Crippen LogP contribution in [0.3, 0.4) is 0 Å².